The summed E-state index contributed by atoms with van der Waals surface area (Å²) in [6, 6.07) is 0. The molecule has 0 heterocycles. The molecular weight excluding hydrogens is 460 g/mol. The van der Waals surface area contributed by atoms with Crippen LogP contribution in [0.4, 0.5) is 0 Å². The van der Waals surface area contributed by atoms with Crippen molar-refractivity contribution in [2.75, 3.05) is 8.86 Å². The summed E-state index contributed by atoms with van der Waals surface area (Å²) in [5.41, 5.74) is 0. The van der Waals surface area contributed by atoms with Gasteiger partial charge < -0.3 is 4.74 Å². The summed E-state index contributed by atoms with van der Waals surface area (Å²) < 4.78 is 4.52. The lowest BCUT2D eigenvalue weighted by molar-refractivity contribution is -0.220. The van der Waals surface area contributed by atoms with Gasteiger partial charge in [0.25, 0.3) is 0 Å². The third-order valence-corrected chi connectivity index (χ3v) is 2.48. The molecule has 0 aromatic rings. The molecule has 0 amide bonds. The van der Waals surface area contributed by atoms with Crippen molar-refractivity contribution in [1.29, 1.82) is 5.41 Å². The van der Waals surface area contributed by atoms with Crippen molar-refractivity contribution < 1.29 is 28.9 Å². The highest BCUT2D eigenvalue weighted by Gasteiger charge is 2.12. The smallest absolute Gasteiger partial charge is 0.365 e. The Labute approximate surface area is 124 Å². The van der Waals surface area contributed by atoms with Gasteiger partial charge in [-0.25, -0.2) is 9.68 Å². The van der Waals surface area contributed by atoms with Crippen LogP contribution < -0.4 is 0 Å². The van der Waals surface area contributed by atoms with E-state index in [9.17, 15) is 14.4 Å². The van der Waals surface area contributed by atoms with Gasteiger partial charge in [-0.05, 0) is 0 Å². The van der Waals surface area contributed by atoms with Crippen molar-refractivity contribution in [1.82, 2.24) is 0 Å². The zero-order valence-corrected chi connectivity index (χ0v) is 12.8. The first kappa shape index (κ1) is 16.5. The van der Waals surface area contributed by atoms with Crippen molar-refractivity contribution in [3.63, 3.8) is 0 Å². The summed E-state index contributed by atoms with van der Waals surface area (Å²) in [6.07, 6.45) is -0.301. The minimum Gasteiger partial charge on any atom is -0.393 e. The van der Waals surface area contributed by atoms with Crippen LogP contribution in [0, 0.1) is 5.41 Å². The van der Waals surface area contributed by atoms with Crippen molar-refractivity contribution in [3.05, 3.63) is 0 Å². The van der Waals surface area contributed by atoms with Crippen molar-refractivity contribution in [2.45, 2.75) is 12.8 Å². The van der Waals surface area contributed by atoms with Gasteiger partial charge in [-0.1, -0.05) is 45.2 Å². The van der Waals surface area contributed by atoms with Crippen LogP contribution in [0.1, 0.15) is 12.8 Å². The Bertz CT molecular complexity index is 319. The molecule has 7 nitrogen and oxygen atoms in total. The van der Waals surface area contributed by atoms with E-state index in [-0.39, 0.29) is 27.6 Å². The molecule has 0 rings (SSSR count). The molecule has 0 fully saturated rings. The molecule has 0 aliphatic rings. The van der Waals surface area contributed by atoms with E-state index in [0.717, 1.165) is 0 Å². The van der Waals surface area contributed by atoms with Gasteiger partial charge in [-0.2, -0.15) is 0 Å². The van der Waals surface area contributed by atoms with Gasteiger partial charge in [0, 0.05) is 6.42 Å². The minimum atomic E-state index is -0.750. The summed E-state index contributed by atoms with van der Waals surface area (Å²) in [5, 5.41) is 7.18. The fourth-order valence-electron chi connectivity index (χ4n) is 0.582. The highest BCUT2D eigenvalue weighted by atomic mass is 127. The van der Waals surface area contributed by atoms with Gasteiger partial charge >= 0.3 is 17.9 Å². The molecule has 0 saturated carbocycles. The van der Waals surface area contributed by atoms with Crippen molar-refractivity contribution in [3.8, 4) is 0 Å². The minimum absolute atomic E-state index is 0.0741. The number of halogens is 2. The Morgan fingerprint density at radius 1 is 0.882 bits per heavy atom. The van der Waals surface area contributed by atoms with Crippen LogP contribution in [-0.2, 0) is 28.9 Å². The summed E-state index contributed by atoms with van der Waals surface area (Å²) in [5.74, 6) is -2.40. The number of hydrogen-bond donors (Lipinski definition) is 1. The zero-order valence-electron chi connectivity index (χ0n) is 8.53. The lowest BCUT2D eigenvalue weighted by atomic mass is 10.3. The summed E-state index contributed by atoms with van der Waals surface area (Å²) >= 11 is 3.53. The number of ether oxygens (including phenoxy) is 1. The Morgan fingerprint density at radius 2 is 1.47 bits per heavy atom. The van der Waals surface area contributed by atoms with Crippen LogP contribution in [0.5, 0.6) is 0 Å². The van der Waals surface area contributed by atoms with Gasteiger partial charge in [-0.3, -0.25) is 19.9 Å². The molecule has 0 unspecified atom stereocenters. The maximum Gasteiger partial charge on any atom is 0.365 e. The quantitative estimate of drug-likeness (QED) is 0.0949. The zero-order chi connectivity index (χ0) is 13.3. The van der Waals surface area contributed by atoms with Crippen molar-refractivity contribution in [2.24, 2.45) is 0 Å². The molecule has 0 aliphatic heterocycles. The number of nitrogens with one attached hydrogen (secondary N) is 1. The molecule has 0 bridgehead atoms. The molecule has 0 radical (unpaired) electrons. The van der Waals surface area contributed by atoms with E-state index in [2.05, 4.69) is 14.5 Å². The second-order valence-corrected chi connectivity index (χ2v) is 4.10. The Hall–Kier alpha value is -0.460. The molecule has 0 spiro atoms. The highest BCUT2D eigenvalue weighted by Crippen LogP contribution is 1.99. The molecule has 17 heavy (non-hydrogen) atoms. The maximum atomic E-state index is 11.0. The van der Waals surface area contributed by atoms with Crippen LogP contribution in [0.2, 0.25) is 0 Å². The number of esters is 2. The van der Waals surface area contributed by atoms with E-state index in [0.29, 0.717) is 0 Å². The largest absolute Gasteiger partial charge is 0.393 e. The summed E-state index contributed by atoms with van der Waals surface area (Å²) in [6.45, 7) is 0. The average molecular weight is 469 g/mol. The third kappa shape index (κ3) is 9.26. The lowest BCUT2D eigenvalue weighted by Crippen LogP contribution is -2.16. The second-order valence-electron chi connectivity index (χ2n) is 2.58. The van der Waals surface area contributed by atoms with Gasteiger partial charge in [-0.15, -0.1) is 0 Å². The molecule has 0 aromatic carbocycles. The first-order valence-electron chi connectivity index (χ1n) is 4.29. The van der Waals surface area contributed by atoms with Crippen LogP contribution >= 0.6 is 45.2 Å². The fourth-order valence-corrected chi connectivity index (χ4v) is 0.864. The van der Waals surface area contributed by atoms with E-state index in [1.807, 2.05) is 0 Å². The molecule has 96 valence electrons. The molecule has 0 aliphatic carbocycles. The topological polar surface area (TPSA) is 103 Å². The van der Waals surface area contributed by atoms with Gasteiger partial charge in [0.15, 0.2) is 0 Å². The molecule has 0 saturated heterocycles. The Morgan fingerprint density at radius 3 is 2.00 bits per heavy atom. The monoisotopic (exact) mass is 469 g/mol. The molecule has 9 heteroatoms. The van der Waals surface area contributed by atoms with Crippen LogP contribution in [0.15, 0.2) is 0 Å². The van der Waals surface area contributed by atoms with E-state index in [1.54, 1.807) is 45.2 Å². The number of carbonyl (C=O) groups excluding carboxylic acids is 3. The maximum absolute atomic E-state index is 11.0. The summed E-state index contributed by atoms with van der Waals surface area (Å²) in [4.78, 5) is 40.9. The van der Waals surface area contributed by atoms with E-state index in [4.69, 9.17) is 5.41 Å². The standard InChI is InChI=1S/C8H9I2NO6/c9-3-7(13)15-6(12)2-1-5(11)16-17-8(14)4-10/h11H,1-4H2. The second kappa shape index (κ2) is 9.56. The van der Waals surface area contributed by atoms with Crippen LogP contribution in [0.25, 0.3) is 0 Å². The van der Waals surface area contributed by atoms with E-state index in [1.165, 1.54) is 0 Å². The predicted molar refractivity (Wildman–Crippen MR) is 73.0 cm³/mol. The number of carbonyl (C=O) groups is 3. The molecule has 1 N–H and O–H groups in total. The summed E-state index contributed by atoms with van der Waals surface area (Å²) in [7, 11) is 0. The average Bonchev–Trinajstić information content (AvgIpc) is 2.32. The number of hydrogen-bond acceptors (Lipinski definition) is 7. The van der Waals surface area contributed by atoms with E-state index < -0.39 is 17.9 Å². The molecular formula is C8H9I2NO6. The normalized spacial score (nSPS) is 9.29. The Balaban J connectivity index is 3.73. The number of rotatable bonds is 5. The van der Waals surface area contributed by atoms with Gasteiger partial charge in [0.05, 0.1) is 10.8 Å². The predicted octanol–water partition coefficient (Wildman–Crippen LogP) is 1.16. The first-order chi connectivity index (χ1) is 7.99. The SMILES string of the molecule is N=C(CCC(=O)OC(=O)CI)OOC(=O)CI. The third-order valence-electron chi connectivity index (χ3n) is 1.24. The number of alkyl halides is 2. The lowest BCUT2D eigenvalue weighted by Gasteiger charge is -2.03. The first-order valence-corrected chi connectivity index (χ1v) is 7.35. The fraction of sp³-hybridized carbons (Fsp3) is 0.500. The van der Waals surface area contributed by atoms with E-state index >= 15 is 0 Å². The van der Waals surface area contributed by atoms with Crippen LogP contribution in [0.3, 0.4) is 0 Å². The van der Waals surface area contributed by atoms with Crippen molar-refractivity contribution >= 4 is 69.0 Å². The van der Waals surface area contributed by atoms with Gasteiger partial charge in [0.2, 0.25) is 5.90 Å². The Kier molecular flexibility index (Phi) is 9.30. The molecule has 0 atom stereocenters. The highest BCUT2D eigenvalue weighted by molar-refractivity contribution is 14.1. The molecule has 0 aromatic heterocycles. The van der Waals surface area contributed by atoms with Gasteiger partial charge in [0.1, 0.15) is 4.43 Å². The van der Waals surface area contributed by atoms with Crippen LogP contribution in [-0.4, -0.2) is 32.7 Å².